The van der Waals surface area contributed by atoms with Gasteiger partial charge in [0.25, 0.3) is 5.89 Å². The molecule has 0 aliphatic rings. The van der Waals surface area contributed by atoms with Gasteiger partial charge >= 0.3 is 0 Å². The van der Waals surface area contributed by atoms with Crippen LogP contribution in [0.15, 0.2) is 41.1 Å². The van der Waals surface area contributed by atoms with E-state index in [1.54, 1.807) is 13.1 Å². The zero-order chi connectivity index (χ0) is 12.5. The summed E-state index contributed by atoms with van der Waals surface area (Å²) in [6.45, 7) is 1.81. The Bertz CT molecular complexity index is 688. The Hall–Kier alpha value is -1.94. The number of alkyl halides is 1. The highest BCUT2D eigenvalue weighted by Gasteiger charge is 2.14. The number of para-hydroxylation sites is 1. The van der Waals surface area contributed by atoms with Gasteiger partial charge in [-0.3, -0.25) is 4.98 Å². The molecule has 1 aromatic carbocycles. The normalized spacial score (nSPS) is 12.8. The van der Waals surface area contributed by atoms with Crippen molar-refractivity contribution in [2.75, 3.05) is 0 Å². The maximum Gasteiger partial charge on any atom is 0.258 e. The van der Waals surface area contributed by atoms with Crippen molar-refractivity contribution in [3.8, 4) is 11.5 Å². The lowest BCUT2D eigenvalue weighted by Crippen LogP contribution is -1.87. The third-order valence-corrected chi connectivity index (χ3v) is 2.87. The maximum absolute atomic E-state index is 5.92. The standard InChI is InChI=1S/C13H10ClN3O/c1-8(14)12-16-13(18-17-12)10-6-7-15-11-5-3-2-4-9(10)11/h2-8H,1H3. The van der Waals surface area contributed by atoms with Crippen LogP contribution in [0.4, 0.5) is 0 Å². The van der Waals surface area contributed by atoms with Crippen LogP contribution in [0, 0.1) is 0 Å². The lowest BCUT2D eigenvalue weighted by atomic mass is 10.1. The minimum atomic E-state index is -0.268. The molecule has 0 radical (unpaired) electrons. The van der Waals surface area contributed by atoms with Gasteiger partial charge in [-0.2, -0.15) is 4.98 Å². The molecule has 0 saturated carbocycles. The van der Waals surface area contributed by atoms with Gasteiger partial charge in [0.15, 0.2) is 5.82 Å². The molecule has 2 heterocycles. The highest BCUT2D eigenvalue weighted by Crippen LogP contribution is 2.27. The number of benzene rings is 1. The second kappa shape index (κ2) is 4.38. The van der Waals surface area contributed by atoms with Gasteiger partial charge in [-0.15, -0.1) is 11.6 Å². The van der Waals surface area contributed by atoms with E-state index >= 15 is 0 Å². The van der Waals surface area contributed by atoms with Gasteiger partial charge < -0.3 is 4.52 Å². The summed E-state index contributed by atoms with van der Waals surface area (Å²) in [5.74, 6) is 0.962. The van der Waals surface area contributed by atoms with E-state index in [4.69, 9.17) is 16.1 Å². The third-order valence-electron chi connectivity index (χ3n) is 2.68. The summed E-state index contributed by atoms with van der Waals surface area (Å²) in [6.07, 6.45) is 1.73. The predicted octanol–water partition coefficient (Wildman–Crippen LogP) is 3.58. The fourth-order valence-corrected chi connectivity index (χ4v) is 1.88. The first kappa shape index (κ1) is 11.2. The van der Waals surface area contributed by atoms with Crippen molar-refractivity contribution in [1.82, 2.24) is 15.1 Å². The highest BCUT2D eigenvalue weighted by molar-refractivity contribution is 6.20. The van der Waals surface area contributed by atoms with E-state index in [9.17, 15) is 0 Å². The Morgan fingerprint density at radius 3 is 2.83 bits per heavy atom. The van der Waals surface area contributed by atoms with Gasteiger partial charge in [-0.1, -0.05) is 23.4 Å². The van der Waals surface area contributed by atoms with Crippen molar-refractivity contribution in [2.24, 2.45) is 0 Å². The first-order valence-electron chi connectivity index (χ1n) is 5.57. The Kier molecular flexibility index (Phi) is 2.72. The van der Waals surface area contributed by atoms with Crippen molar-refractivity contribution in [1.29, 1.82) is 0 Å². The molecule has 0 fully saturated rings. The second-order valence-corrected chi connectivity index (χ2v) is 4.60. The number of rotatable bonds is 2. The molecule has 0 aliphatic heterocycles. The number of halogens is 1. The summed E-state index contributed by atoms with van der Waals surface area (Å²) in [7, 11) is 0. The topological polar surface area (TPSA) is 51.8 Å². The first-order chi connectivity index (χ1) is 8.75. The minimum absolute atomic E-state index is 0.268. The Labute approximate surface area is 109 Å². The average molecular weight is 260 g/mol. The van der Waals surface area contributed by atoms with Crippen molar-refractivity contribution < 1.29 is 4.52 Å². The Morgan fingerprint density at radius 1 is 1.22 bits per heavy atom. The van der Waals surface area contributed by atoms with Gasteiger partial charge in [0, 0.05) is 11.6 Å². The molecular weight excluding hydrogens is 250 g/mol. The molecule has 18 heavy (non-hydrogen) atoms. The van der Waals surface area contributed by atoms with Crippen LogP contribution < -0.4 is 0 Å². The summed E-state index contributed by atoms with van der Waals surface area (Å²) in [5.41, 5.74) is 1.77. The van der Waals surface area contributed by atoms with Gasteiger partial charge in [-0.25, -0.2) is 0 Å². The molecule has 0 spiro atoms. The van der Waals surface area contributed by atoms with Crippen molar-refractivity contribution in [3.05, 3.63) is 42.4 Å². The largest absolute Gasteiger partial charge is 0.334 e. The molecule has 0 amide bonds. The van der Waals surface area contributed by atoms with E-state index < -0.39 is 0 Å². The molecular formula is C13H10ClN3O. The van der Waals surface area contributed by atoms with E-state index in [1.165, 1.54) is 0 Å². The first-order valence-corrected chi connectivity index (χ1v) is 6.01. The summed E-state index contributed by atoms with van der Waals surface area (Å²) < 4.78 is 5.25. The molecule has 1 unspecified atom stereocenters. The third kappa shape index (κ3) is 1.84. The molecule has 0 N–H and O–H groups in total. The van der Waals surface area contributed by atoms with Gasteiger partial charge in [0.05, 0.1) is 16.5 Å². The number of nitrogens with zero attached hydrogens (tertiary/aromatic N) is 3. The minimum Gasteiger partial charge on any atom is -0.334 e. The number of pyridine rings is 1. The summed E-state index contributed by atoms with van der Waals surface area (Å²) in [4.78, 5) is 8.59. The van der Waals surface area contributed by atoms with Gasteiger partial charge in [0.2, 0.25) is 0 Å². The smallest absolute Gasteiger partial charge is 0.258 e. The van der Waals surface area contributed by atoms with E-state index in [0.717, 1.165) is 16.5 Å². The summed E-state index contributed by atoms with van der Waals surface area (Å²) in [6, 6.07) is 9.68. The molecule has 3 aromatic rings. The SMILES string of the molecule is CC(Cl)c1noc(-c2ccnc3ccccc23)n1. The van der Waals surface area contributed by atoms with Crippen LogP contribution in [0.5, 0.6) is 0 Å². The fraction of sp³-hybridized carbons (Fsp3) is 0.154. The van der Waals surface area contributed by atoms with Crippen LogP contribution in [0.3, 0.4) is 0 Å². The zero-order valence-corrected chi connectivity index (χ0v) is 10.4. The van der Waals surface area contributed by atoms with Crippen molar-refractivity contribution >= 4 is 22.5 Å². The van der Waals surface area contributed by atoms with E-state index in [1.807, 2.05) is 30.3 Å². The van der Waals surface area contributed by atoms with Gasteiger partial charge in [-0.05, 0) is 19.1 Å². The summed E-state index contributed by atoms with van der Waals surface area (Å²) >= 11 is 5.92. The Morgan fingerprint density at radius 2 is 2.06 bits per heavy atom. The zero-order valence-electron chi connectivity index (χ0n) is 9.67. The molecule has 90 valence electrons. The van der Waals surface area contributed by atoms with Gasteiger partial charge in [0.1, 0.15) is 0 Å². The van der Waals surface area contributed by atoms with Crippen molar-refractivity contribution in [2.45, 2.75) is 12.3 Å². The number of hydrogen-bond acceptors (Lipinski definition) is 4. The highest BCUT2D eigenvalue weighted by atomic mass is 35.5. The van der Waals surface area contributed by atoms with E-state index in [2.05, 4.69) is 15.1 Å². The maximum atomic E-state index is 5.92. The molecule has 4 nitrogen and oxygen atoms in total. The van der Waals surface area contributed by atoms with Crippen molar-refractivity contribution in [3.63, 3.8) is 0 Å². The van der Waals surface area contributed by atoms with E-state index in [-0.39, 0.29) is 5.38 Å². The summed E-state index contributed by atoms with van der Waals surface area (Å²) in [5, 5.41) is 4.58. The lowest BCUT2D eigenvalue weighted by Gasteiger charge is -2.00. The fourth-order valence-electron chi connectivity index (χ4n) is 1.79. The van der Waals surface area contributed by atoms with Crippen LogP contribution in [-0.4, -0.2) is 15.1 Å². The number of aromatic nitrogens is 3. The molecule has 0 saturated heterocycles. The predicted molar refractivity (Wildman–Crippen MR) is 69.3 cm³/mol. The number of fused-ring (bicyclic) bond motifs is 1. The molecule has 2 aromatic heterocycles. The molecule has 0 aliphatic carbocycles. The van der Waals surface area contributed by atoms with Crippen LogP contribution >= 0.6 is 11.6 Å². The molecule has 1 atom stereocenters. The van der Waals surface area contributed by atoms with Crippen LogP contribution in [-0.2, 0) is 0 Å². The van der Waals surface area contributed by atoms with Crippen LogP contribution in [0.1, 0.15) is 18.1 Å². The lowest BCUT2D eigenvalue weighted by molar-refractivity contribution is 0.423. The number of hydrogen-bond donors (Lipinski definition) is 0. The molecule has 5 heteroatoms. The average Bonchev–Trinajstić information content (AvgIpc) is 2.87. The Balaban J connectivity index is 2.18. The molecule has 0 bridgehead atoms. The quantitative estimate of drug-likeness (QED) is 0.660. The molecule has 3 rings (SSSR count). The van der Waals surface area contributed by atoms with E-state index in [0.29, 0.717) is 11.7 Å². The van der Waals surface area contributed by atoms with Crippen LogP contribution in [0.25, 0.3) is 22.4 Å². The second-order valence-electron chi connectivity index (χ2n) is 3.95. The monoisotopic (exact) mass is 259 g/mol. The van der Waals surface area contributed by atoms with Crippen LogP contribution in [0.2, 0.25) is 0 Å².